The normalized spacial score (nSPS) is 10.1. The van der Waals surface area contributed by atoms with Gasteiger partial charge in [0.15, 0.2) is 0 Å². The Bertz CT molecular complexity index is 772. The quantitative estimate of drug-likeness (QED) is 0.508. The molecule has 2 aromatic rings. The predicted molar refractivity (Wildman–Crippen MR) is 82.0 cm³/mol. The Hall–Kier alpha value is -2.87. The molecule has 0 heterocycles. The smallest absolute Gasteiger partial charge is 0.342 e. The van der Waals surface area contributed by atoms with Crippen LogP contribution in [-0.4, -0.2) is 29.1 Å². The van der Waals surface area contributed by atoms with Gasteiger partial charge in [-0.1, -0.05) is 11.8 Å². The number of carboxylic acids is 1. The maximum absolute atomic E-state index is 11.3. The first-order valence-electron chi connectivity index (χ1n) is 6.30. The molecule has 0 spiro atoms. The van der Waals surface area contributed by atoms with Crippen molar-refractivity contribution in [3.63, 3.8) is 0 Å². The van der Waals surface area contributed by atoms with Crippen LogP contribution in [0.25, 0.3) is 0 Å². The molecule has 0 bridgehead atoms. The van der Waals surface area contributed by atoms with Gasteiger partial charge in [-0.25, -0.2) is 9.59 Å². The monoisotopic (exact) mass is 333 g/mol. The summed E-state index contributed by atoms with van der Waals surface area (Å²) in [5.74, 6) is -1.81. The Morgan fingerprint density at radius 3 is 2.26 bits per heavy atom. The second kappa shape index (κ2) is 6.93. The average molecular weight is 333 g/mol. The van der Waals surface area contributed by atoms with Gasteiger partial charge in [0.1, 0.15) is 5.56 Å². The number of esters is 1. The van der Waals surface area contributed by atoms with Crippen LogP contribution in [0.1, 0.15) is 20.7 Å². The number of nitrogens with zero attached hydrogens (tertiary/aromatic N) is 1. The first kappa shape index (κ1) is 16.5. The number of carbonyl (C=O) groups excluding carboxylic acids is 1. The van der Waals surface area contributed by atoms with Gasteiger partial charge in [-0.15, -0.1) is 0 Å². The van der Waals surface area contributed by atoms with Crippen LogP contribution < -0.4 is 0 Å². The highest BCUT2D eigenvalue weighted by Gasteiger charge is 2.20. The van der Waals surface area contributed by atoms with Crippen molar-refractivity contribution in [1.82, 2.24) is 0 Å². The summed E-state index contributed by atoms with van der Waals surface area (Å²) in [6.45, 7) is 0. The standard InChI is InChI=1S/C15H11NO6S/c1-22-15(19)9-2-4-10(5-3-9)23-11-6-7-12(14(17)18)13(8-11)16(20)21/h2-8H,1H3,(H,17,18). The van der Waals surface area contributed by atoms with Crippen molar-refractivity contribution in [3.05, 3.63) is 63.7 Å². The van der Waals surface area contributed by atoms with Crippen LogP contribution in [0.3, 0.4) is 0 Å². The van der Waals surface area contributed by atoms with Crippen LogP contribution in [0.4, 0.5) is 5.69 Å². The van der Waals surface area contributed by atoms with E-state index >= 15 is 0 Å². The van der Waals surface area contributed by atoms with E-state index in [0.717, 1.165) is 4.90 Å². The molecule has 2 aromatic carbocycles. The molecule has 0 saturated heterocycles. The van der Waals surface area contributed by atoms with Crippen LogP contribution in [0, 0.1) is 10.1 Å². The lowest BCUT2D eigenvalue weighted by Gasteiger charge is -2.05. The predicted octanol–water partition coefficient (Wildman–Crippen LogP) is 3.23. The van der Waals surface area contributed by atoms with E-state index in [1.807, 2.05) is 0 Å². The zero-order valence-corrected chi connectivity index (χ0v) is 12.7. The van der Waals surface area contributed by atoms with Gasteiger partial charge in [0, 0.05) is 15.9 Å². The van der Waals surface area contributed by atoms with Crippen molar-refractivity contribution in [2.75, 3.05) is 7.11 Å². The van der Waals surface area contributed by atoms with Crippen LogP contribution >= 0.6 is 11.8 Å². The van der Waals surface area contributed by atoms with Crippen molar-refractivity contribution in [2.45, 2.75) is 9.79 Å². The molecule has 0 atom stereocenters. The molecule has 0 aliphatic carbocycles. The van der Waals surface area contributed by atoms with Crippen molar-refractivity contribution in [3.8, 4) is 0 Å². The zero-order chi connectivity index (χ0) is 17.0. The van der Waals surface area contributed by atoms with E-state index in [1.54, 1.807) is 24.3 Å². The van der Waals surface area contributed by atoms with Crippen molar-refractivity contribution < 1.29 is 24.4 Å². The summed E-state index contributed by atoms with van der Waals surface area (Å²) in [6.07, 6.45) is 0. The van der Waals surface area contributed by atoms with E-state index in [2.05, 4.69) is 4.74 Å². The Kier molecular flexibility index (Phi) is 4.97. The number of methoxy groups -OCH3 is 1. The first-order valence-corrected chi connectivity index (χ1v) is 7.12. The summed E-state index contributed by atoms with van der Waals surface area (Å²) in [5.41, 5.74) is -0.432. The lowest BCUT2D eigenvalue weighted by molar-refractivity contribution is -0.385. The van der Waals surface area contributed by atoms with Crippen molar-refractivity contribution in [1.29, 1.82) is 0 Å². The SMILES string of the molecule is COC(=O)c1ccc(Sc2ccc(C(=O)O)c([N+](=O)[O-])c2)cc1. The Morgan fingerprint density at radius 1 is 1.13 bits per heavy atom. The number of carbonyl (C=O) groups is 2. The van der Waals surface area contributed by atoms with E-state index in [4.69, 9.17) is 5.11 Å². The zero-order valence-electron chi connectivity index (χ0n) is 11.9. The second-order valence-corrected chi connectivity index (χ2v) is 5.51. The molecule has 23 heavy (non-hydrogen) atoms. The molecule has 0 aliphatic rings. The van der Waals surface area contributed by atoms with E-state index in [9.17, 15) is 19.7 Å². The van der Waals surface area contributed by atoms with Gasteiger partial charge in [-0.05, 0) is 36.4 Å². The fourth-order valence-electron chi connectivity index (χ4n) is 1.82. The van der Waals surface area contributed by atoms with Crippen molar-refractivity contribution in [2.24, 2.45) is 0 Å². The molecule has 0 radical (unpaired) electrons. The molecule has 0 aromatic heterocycles. The number of rotatable bonds is 5. The van der Waals surface area contributed by atoms with E-state index in [0.29, 0.717) is 10.5 Å². The molecule has 0 unspecified atom stereocenters. The number of hydrogen-bond acceptors (Lipinski definition) is 6. The third-order valence-electron chi connectivity index (χ3n) is 2.91. The average Bonchev–Trinajstić information content (AvgIpc) is 2.54. The summed E-state index contributed by atoms with van der Waals surface area (Å²) in [5, 5.41) is 19.9. The van der Waals surface area contributed by atoms with Gasteiger partial charge < -0.3 is 9.84 Å². The molecular weight excluding hydrogens is 322 g/mol. The Balaban J connectivity index is 2.26. The highest BCUT2D eigenvalue weighted by molar-refractivity contribution is 7.99. The molecule has 8 heteroatoms. The fraction of sp³-hybridized carbons (Fsp3) is 0.0667. The fourth-order valence-corrected chi connectivity index (χ4v) is 2.67. The van der Waals surface area contributed by atoms with Crippen LogP contribution in [-0.2, 0) is 4.74 Å². The number of carboxylic acid groups (broad SMARTS) is 1. The minimum atomic E-state index is -1.35. The molecule has 1 N–H and O–H groups in total. The topological polar surface area (TPSA) is 107 Å². The van der Waals surface area contributed by atoms with Gasteiger partial charge in [0.2, 0.25) is 0 Å². The molecule has 0 fully saturated rings. The summed E-state index contributed by atoms with van der Waals surface area (Å²) in [7, 11) is 1.29. The lowest BCUT2D eigenvalue weighted by atomic mass is 10.2. The molecule has 2 rings (SSSR count). The van der Waals surface area contributed by atoms with Crippen molar-refractivity contribution >= 4 is 29.4 Å². The number of nitro groups is 1. The van der Waals surface area contributed by atoms with Gasteiger partial charge in [0.05, 0.1) is 17.6 Å². The van der Waals surface area contributed by atoms with Gasteiger partial charge in [-0.3, -0.25) is 10.1 Å². The molecule has 0 saturated carbocycles. The van der Waals surface area contributed by atoms with Gasteiger partial charge in [-0.2, -0.15) is 0 Å². The number of ether oxygens (including phenoxy) is 1. The summed E-state index contributed by atoms with van der Waals surface area (Å²) in [4.78, 5) is 33.8. The minimum Gasteiger partial charge on any atom is -0.477 e. The summed E-state index contributed by atoms with van der Waals surface area (Å²) >= 11 is 1.22. The van der Waals surface area contributed by atoms with E-state index < -0.39 is 22.5 Å². The maximum Gasteiger partial charge on any atom is 0.342 e. The van der Waals surface area contributed by atoms with E-state index in [1.165, 1.54) is 37.1 Å². The molecular formula is C15H11NO6S. The molecule has 7 nitrogen and oxygen atoms in total. The number of benzene rings is 2. The summed E-state index contributed by atoms with van der Waals surface area (Å²) < 4.78 is 4.60. The minimum absolute atomic E-state index is 0.361. The first-order chi connectivity index (χ1) is 10.9. The molecule has 0 amide bonds. The number of aromatic carboxylic acids is 1. The third kappa shape index (κ3) is 3.86. The third-order valence-corrected chi connectivity index (χ3v) is 3.90. The van der Waals surface area contributed by atoms with Gasteiger partial charge >= 0.3 is 11.9 Å². The second-order valence-electron chi connectivity index (χ2n) is 4.36. The molecule has 118 valence electrons. The molecule has 0 aliphatic heterocycles. The van der Waals surface area contributed by atoms with Crippen LogP contribution in [0.2, 0.25) is 0 Å². The van der Waals surface area contributed by atoms with Gasteiger partial charge in [0.25, 0.3) is 5.69 Å². The largest absolute Gasteiger partial charge is 0.477 e. The Labute approximate surface area is 135 Å². The number of hydrogen-bond donors (Lipinski definition) is 1. The van der Waals surface area contributed by atoms with E-state index in [-0.39, 0.29) is 5.56 Å². The maximum atomic E-state index is 11.3. The summed E-state index contributed by atoms with van der Waals surface area (Å²) in [6, 6.07) is 10.4. The van der Waals surface area contributed by atoms with Crippen LogP contribution in [0.5, 0.6) is 0 Å². The number of nitro benzene ring substituents is 1. The lowest BCUT2D eigenvalue weighted by Crippen LogP contribution is -2.02. The van der Waals surface area contributed by atoms with Crippen LogP contribution in [0.15, 0.2) is 52.3 Å². The highest BCUT2D eigenvalue weighted by atomic mass is 32.2. The Morgan fingerprint density at radius 2 is 1.74 bits per heavy atom. The highest BCUT2D eigenvalue weighted by Crippen LogP contribution is 2.32.